The van der Waals surface area contributed by atoms with Gasteiger partial charge in [-0.25, -0.2) is 0 Å². The molecule has 0 fully saturated rings. The molecule has 0 radical (unpaired) electrons. The van der Waals surface area contributed by atoms with Crippen LogP contribution in [0.4, 0.5) is 0 Å². The van der Waals surface area contributed by atoms with Crippen LogP contribution >= 0.6 is 0 Å². The summed E-state index contributed by atoms with van der Waals surface area (Å²) in [6, 6.07) is 25.4. The summed E-state index contributed by atoms with van der Waals surface area (Å²) in [4.78, 5) is 0. The zero-order valence-electron chi connectivity index (χ0n) is 14.5. The first kappa shape index (κ1) is 25.3. The van der Waals surface area contributed by atoms with Gasteiger partial charge in [0.2, 0.25) is 0 Å². The van der Waals surface area contributed by atoms with Crippen LogP contribution in [0.25, 0.3) is 32.7 Å². The first-order chi connectivity index (χ1) is 10.8. The van der Waals surface area contributed by atoms with Gasteiger partial charge in [0.25, 0.3) is 0 Å². The van der Waals surface area contributed by atoms with Gasteiger partial charge >= 0.3 is 46.1 Å². The minimum Gasteiger partial charge on any atom is -1.00 e. The normalized spacial score (nSPS) is 9.38. The molecule has 0 saturated carbocycles. The van der Waals surface area contributed by atoms with Gasteiger partial charge in [-0.1, -0.05) is 59.3 Å². The van der Waals surface area contributed by atoms with Gasteiger partial charge in [0.1, 0.15) is 0 Å². The molecule has 122 valence electrons. The molecule has 4 aromatic rings. The Morgan fingerprint density at radius 3 is 1.19 bits per heavy atom. The standard InChI is InChI=1S/C22H16.2ClH.2Mg/c1-15-11-13-17-7-3-5-9-19(17)21(15)22-16(2)12-14-18-8-4-6-10-20(18)22;;;;/h3-14H,1-2H2;2*1H;;/q-2;;;2*+2/p-2. The van der Waals surface area contributed by atoms with E-state index in [9.17, 15) is 0 Å². The maximum atomic E-state index is 4.27. The van der Waals surface area contributed by atoms with E-state index in [0.29, 0.717) is 0 Å². The zero-order valence-corrected chi connectivity index (χ0v) is 18.9. The van der Waals surface area contributed by atoms with Crippen molar-refractivity contribution in [3.05, 3.63) is 97.8 Å². The Morgan fingerprint density at radius 2 is 0.808 bits per heavy atom. The summed E-state index contributed by atoms with van der Waals surface area (Å²) in [7, 11) is 0. The van der Waals surface area contributed by atoms with Crippen LogP contribution in [-0.4, -0.2) is 46.1 Å². The number of halogens is 2. The van der Waals surface area contributed by atoms with Crippen LogP contribution in [-0.2, 0) is 0 Å². The number of fused-ring (bicyclic) bond motifs is 2. The first-order valence-electron chi connectivity index (χ1n) is 7.43. The molecule has 0 N–H and O–H groups in total. The van der Waals surface area contributed by atoms with E-state index in [-0.39, 0.29) is 70.9 Å². The second-order valence-electron chi connectivity index (χ2n) is 5.64. The molecule has 0 atom stereocenters. The van der Waals surface area contributed by atoms with Gasteiger partial charge in [0, 0.05) is 0 Å². The summed E-state index contributed by atoms with van der Waals surface area (Å²) < 4.78 is 0. The van der Waals surface area contributed by atoms with Crippen molar-refractivity contribution in [1.29, 1.82) is 0 Å². The second kappa shape index (κ2) is 10.6. The van der Waals surface area contributed by atoms with Crippen molar-refractivity contribution in [2.75, 3.05) is 0 Å². The van der Waals surface area contributed by atoms with Gasteiger partial charge in [0.05, 0.1) is 0 Å². The molecule has 0 heterocycles. The van der Waals surface area contributed by atoms with Gasteiger partial charge in [-0.15, -0.1) is 12.1 Å². The predicted octanol–water partition coefficient (Wildman–Crippen LogP) is -0.729. The van der Waals surface area contributed by atoms with E-state index in [1.165, 1.54) is 32.7 Å². The number of benzene rings is 4. The van der Waals surface area contributed by atoms with E-state index >= 15 is 0 Å². The average Bonchev–Trinajstić information content (AvgIpc) is 2.56. The van der Waals surface area contributed by atoms with E-state index in [4.69, 9.17) is 0 Å². The third kappa shape index (κ3) is 4.38. The molecule has 0 aliphatic rings. The smallest absolute Gasteiger partial charge is 1.00 e. The summed E-state index contributed by atoms with van der Waals surface area (Å²) in [5.74, 6) is 0. The molecule has 0 aromatic heterocycles. The Bertz CT molecular complexity index is 930. The number of rotatable bonds is 1. The maximum absolute atomic E-state index is 4.27. The molecular weight excluding hydrogens is 384 g/mol. The Morgan fingerprint density at radius 1 is 0.462 bits per heavy atom. The Hall–Kier alpha value is -0.748. The number of hydrogen-bond acceptors (Lipinski definition) is 0. The molecule has 0 unspecified atom stereocenters. The first-order valence-corrected chi connectivity index (χ1v) is 7.43. The molecule has 4 aromatic carbocycles. The van der Waals surface area contributed by atoms with Crippen LogP contribution < -0.4 is 24.8 Å². The molecule has 0 nitrogen and oxygen atoms in total. The summed E-state index contributed by atoms with van der Waals surface area (Å²) in [5.41, 5.74) is 4.47. The van der Waals surface area contributed by atoms with Crippen LogP contribution in [0.1, 0.15) is 11.1 Å². The second-order valence-corrected chi connectivity index (χ2v) is 5.64. The fourth-order valence-corrected chi connectivity index (χ4v) is 3.22. The van der Waals surface area contributed by atoms with E-state index in [1.807, 2.05) is 0 Å². The van der Waals surface area contributed by atoms with Crippen molar-refractivity contribution >= 4 is 67.7 Å². The van der Waals surface area contributed by atoms with Crippen molar-refractivity contribution in [2.24, 2.45) is 0 Å². The maximum Gasteiger partial charge on any atom is 2.00 e. The fraction of sp³-hybridized carbons (Fsp3) is 0. The summed E-state index contributed by atoms with van der Waals surface area (Å²) in [6.07, 6.45) is 0. The van der Waals surface area contributed by atoms with Crippen LogP contribution in [0.5, 0.6) is 0 Å². The van der Waals surface area contributed by atoms with Gasteiger partial charge < -0.3 is 24.8 Å². The molecule has 0 aliphatic heterocycles. The van der Waals surface area contributed by atoms with E-state index in [0.717, 1.165) is 11.1 Å². The molecule has 0 aliphatic carbocycles. The Labute approximate surface area is 199 Å². The van der Waals surface area contributed by atoms with Gasteiger partial charge in [-0.05, 0) is 10.8 Å². The molecule has 0 bridgehead atoms. The predicted molar refractivity (Wildman–Crippen MR) is 107 cm³/mol. The molecular formula is C22H16Cl2Mg2. The zero-order chi connectivity index (χ0) is 15.1. The monoisotopic (exact) mass is 398 g/mol. The van der Waals surface area contributed by atoms with Crippen molar-refractivity contribution < 1.29 is 24.8 Å². The van der Waals surface area contributed by atoms with E-state index in [1.54, 1.807) is 0 Å². The quantitative estimate of drug-likeness (QED) is 0.292. The summed E-state index contributed by atoms with van der Waals surface area (Å²) in [5, 5.41) is 4.93. The summed E-state index contributed by atoms with van der Waals surface area (Å²) >= 11 is 0. The van der Waals surface area contributed by atoms with Crippen LogP contribution in [0, 0.1) is 13.8 Å². The molecule has 26 heavy (non-hydrogen) atoms. The van der Waals surface area contributed by atoms with Gasteiger partial charge in [0.15, 0.2) is 0 Å². The van der Waals surface area contributed by atoms with E-state index in [2.05, 4.69) is 86.6 Å². The van der Waals surface area contributed by atoms with Crippen molar-refractivity contribution in [1.82, 2.24) is 0 Å². The van der Waals surface area contributed by atoms with Crippen LogP contribution in [0.15, 0.2) is 72.8 Å². The van der Waals surface area contributed by atoms with Gasteiger partial charge in [-0.3, -0.25) is 0 Å². The molecule has 4 heteroatoms. The van der Waals surface area contributed by atoms with E-state index < -0.39 is 0 Å². The third-order valence-electron chi connectivity index (χ3n) is 4.28. The molecule has 4 rings (SSSR count). The van der Waals surface area contributed by atoms with Crippen molar-refractivity contribution in [3.8, 4) is 11.1 Å². The number of hydrogen-bond donors (Lipinski definition) is 0. The Kier molecular flexibility index (Phi) is 10.2. The minimum absolute atomic E-state index is 0. The van der Waals surface area contributed by atoms with Crippen LogP contribution in [0.2, 0.25) is 0 Å². The van der Waals surface area contributed by atoms with Gasteiger partial charge in [-0.2, -0.15) is 48.2 Å². The molecule has 0 spiro atoms. The summed E-state index contributed by atoms with van der Waals surface area (Å²) in [6.45, 7) is 8.53. The SMILES string of the molecule is [CH2-]c1ccc2ccccc2c1-c1c([CH2-])ccc2ccccc12.[Cl-].[Cl-].[Mg+2].[Mg+2]. The average molecular weight is 400 g/mol. The van der Waals surface area contributed by atoms with Crippen LogP contribution in [0.3, 0.4) is 0 Å². The third-order valence-corrected chi connectivity index (χ3v) is 4.28. The fourth-order valence-electron chi connectivity index (χ4n) is 3.22. The molecule has 0 saturated heterocycles. The topological polar surface area (TPSA) is 0 Å². The van der Waals surface area contributed by atoms with Crippen molar-refractivity contribution in [2.45, 2.75) is 0 Å². The molecule has 0 amide bonds. The Balaban J connectivity index is 0.00000156. The largest absolute Gasteiger partial charge is 2.00 e. The van der Waals surface area contributed by atoms with Crippen molar-refractivity contribution in [3.63, 3.8) is 0 Å². The minimum atomic E-state index is 0.